The Kier molecular flexibility index (Phi) is 8.72. The molecule has 6 rings (SSSR count). The van der Waals surface area contributed by atoms with Crippen LogP contribution in [0.3, 0.4) is 0 Å². The number of amides is 3. The molecule has 0 spiro atoms. The van der Waals surface area contributed by atoms with Crippen molar-refractivity contribution in [3.05, 3.63) is 113 Å². The number of hydrogen-bond acceptors (Lipinski definition) is 6. The van der Waals surface area contributed by atoms with Gasteiger partial charge in [-0.1, -0.05) is 36.4 Å². The fourth-order valence-electron chi connectivity index (χ4n) is 6.09. The van der Waals surface area contributed by atoms with Crippen LogP contribution < -0.4 is 10.2 Å². The number of rotatable bonds is 6. The molecule has 1 saturated heterocycles. The van der Waals surface area contributed by atoms with Crippen molar-refractivity contribution in [3.8, 4) is 11.8 Å². The molecule has 2 aliphatic heterocycles. The molecular weight excluding hydrogens is 632 g/mol. The summed E-state index contributed by atoms with van der Waals surface area (Å²) < 4.78 is 61.6. The lowest BCUT2D eigenvalue weighted by Gasteiger charge is -2.39. The van der Waals surface area contributed by atoms with E-state index in [0.717, 1.165) is 24.3 Å². The Morgan fingerprint density at radius 1 is 1.06 bits per heavy atom. The summed E-state index contributed by atoms with van der Waals surface area (Å²) in [7, 11) is 0. The molecule has 3 heterocycles. The summed E-state index contributed by atoms with van der Waals surface area (Å²) in [5.74, 6) is -3.73. The third-order valence-corrected chi connectivity index (χ3v) is 8.35. The van der Waals surface area contributed by atoms with Gasteiger partial charge in [0.1, 0.15) is 23.7 Å². The molecule has 3 atom stereocenters. The lowest BCUT2D eigenvalue weighted by atomic mass is 9.80. The second kappa shape index (κ2) is 12.9. The third kappa shape index (κ3) is 5.88. The molecule has 3 aromatic carbocycles. The summed E-state index contributed by atoms with van der Waals surface area (Å²) in [6, 6.07) is 17.3. The minimum absolute atomic E-state index is 0.0273. The van der Waals surface area contributed by atoms with Gasteiger partial charge in [-0.15, -0.1) is 0 Å². The van der Waals surface area contributed by atoms with Gasteiger partial charge >= 0.3 is 6.18 Å². The molecule has 1 unspecified atom stereocenters. The average Bonchev–Trinajstić information content (AvgIpc) is 3.48. The molecule has 0 aliphatic carbocycles. The molecule has 4 aromatic rings. The standard InChI is InChI=1S/C34H28F4N6O4/c1-2-42-31-27(29(41-44(31)24-9-4-3-5-10-24)33(47)43-15-16-48-19-25(43)18-39)26(20-11-13-23(35)14-12-20)28(32(42)46)40-30(45)21-7-6-8-22(17-21)34(36,37)38/h3-14,17,25-26,28H,2,15-16,19H2,1H3,(H,40,45)/t25?,26-,28-/m1/s1. The molecule has 2 aliphatic rings. The first-order chi connectivity index (χ1) is 23.0. The maximum Gasteiger partial charge on any atom is 0.416 e. The Labute approximate surface area is 272 Å². The number of aromatic nitrogens is 2. The molecule has 0 saturated carbocycles. The normalized spacial score (nSPS) is 19.4. The van der Waals surface area contributed by atoms with E-state index in [1.165, 1.54) is 32.7 Å². The van der Waals surface area contributed by atoms with Crippen molar-refractivity contribution in [1.82, 2.24) is 20.0 Å². The first-order valence-corrected chi connectivity index (χ1v) is 15.0. The van der Waals surface area contributed by atoms with Crippen molar-refractivity contribution in [2.24, 2.45) is 0 Å². The summed E-state index contributed by atoms with van der Waals surface area (Å²) in [5.41, 5.74) is -0.458. The topological polar surface area (TPSA) is 121 Å². The van der Waals surface area contributed by atoms with Gasteiger partial charge in [0.05, 0.1) is 30.5 Å². The number of likely N-dealkylation sites (N-methyl/N-ethyl adjacent to an activating group) is 1. The van der Waals surface area contributed by atoms with Crippen LogP contribution >= 0.6 is 0 Å². The average molecular weight is 661 g/mol. The molecule has 0 radical (unpaired) electrons. The van der Waals surface area contributed by atoms with Gasteiger partial charge in [0.25, 0.3) is 17.7 Å². The molecule has 48 heavy (non-hydrogen) atoms. The van der Waals surface area contributed by atoms with Crippen LogP contribution in [0.25, 0.3) is 5.69 Å². The van der Waals surface area contributed by atoms with Gasteiger partial charge in [-0.05, 0) is 55.0 Å². The lowest BCUT2D eigenvalue weighted by molar-refractivity contribution is -0.137. The molecule has 10 nitrogen and oxygen atoms in total. The second-order valence-corrected chi connectivity index (χ2v) is 11.2. The Morgan fingerprint density at radius 2 is 1.79 bits per heavy atom. The quantitative estimate of drug-likeness (QED) is 0.300. The molecule has 1 fully saturated rings. The van der Waals surface area contributed by atoms with Gasteiger partial charge in [-0.3, -0.25) is 19.3 Å². The van der Waals surface area contributed by atoms with E-state index in [4.69, 9.17) is 9.84 Å². The fraction of sp³-hybridized carbons (Fsp3) is 0.265. The number of anilines is 1. The number of ether oxygens (including phenoxy) is 1. The Bertz CT molecular complexity index is 1910. The van der Waals surface area contributed by atoms with Crippen molar-refractivity contribution >= 4 is 23.5 Å². The van der Waals surface area contributed by atoms with Crippen LogP contribution in [0.4, 0.5) is 23.4 Å². The number of morpholine rings is 1. The van der Waals surface area contributed by atoms with E-state index < -0.39 is 53.3 Å². The number of nitrogens with one attached hydrogen (secondary N) is 1. The predicted octanol–water partition coefficient (Wildman–Crippen LogP) is 4.69. The largest absolute Gasteiger partial charge is 0.416 e. The van der Waals surface area contributed by atoms with Crippen molar-refractivity contribution in [2.45, 2.75) is 31.1 Å². The first-order valence-electron chi connectivity index (χ1n) is 15.0. The smallest absolute Gasteiger partial charge is 0.376 e. The highest BCUT2D eigenvalue weighted by Gasteiger charge is 2.48. The molecule has 14 heteroatoms. The minimum Gasteiger partial charge on any atom is -0.376 e. The first kappa shape index (κ1) is 32.4. The van der Waals surface area contributed by atoms with Gasteiger partial charge < -0.3 is 15.0 Å². The zero-order valence-corrected chi connectivity index (χ0v) is 25.4. The maximum absolute atomic E-state index is 14.4. The summed E-state index contributed by atoms with van der Waals surface area (Å²) in [5, 5.41) is 17.1. The van der Waals surface area contributed by atoms with Crippen molar-refractivity contribution in [1.29, 1.82) is 5.26 Å². The number of alkyl halides is 3. The van der Waals surface area contributed by atoms with E-state index in [9.17, 15) is 37.2 Å². The van der Waals surface area contributed by atoms with Crippen LogP contribution in [0.15, 0.2) is 78.9 Å². The number of benzene rings is 3. The van der Waals surface area contributed by atoms with E-state index in [-0.39, 0.29) is 48.9 Å². The molecule has 1 N–H and O–H groups in total. The van der Waals surface area contributed by atoms with Crippen molar-refractivity contribution in [3.63, 3.8) is 0 Å². The van der Waals surface area contributed by atoms with Crippen LogP contribution in [-0.2, 0) is 15.7 Å². The van der Waals surface area contributed by atoms with E-state index in [2.05, 4.69) is 11.4 Å². The fourth-order valence-corrected chi connectivity index (χ4v) is 6.09. The van der Waals surface area contributed by atoms with Crippen LogP contribution in [0, 0.1) is 17.1 Å². The Hall–Kier alpha value is -5.55. The Morgan fingerprint density at radius 3 is 2.46 bits per heavy atom. The highest BCUT2D eigenvalue weighted by atomic mass is 19.4. The molecule has 3 amide bonds. The number of hydrogen-bond donors (Lipinski definition) is 1. The monoisotopic (exact) mass is 660 g/mol. The van der Waals surface area contributed by atoms with Gasteiger partial charge in [0, 0.05) is 30.1 Å². The van der Waals surface area contributed by atoms with Crippen LogP contribution in [0.1, 0.15) is 50.4 Å². The zero-order valence-electron chi connectivity index (χ0n) is 25.4. The third-order valence-electron chi connectivity index (χ3n) is 8.35. The number of carbonyl (C=O) groups is 3. The Balaban J connectivity index is 1.57. The maximum atomic E-state index is 14.4. The van der Waals surface area contributed by atoms with Gasteiger partial charge in [-0.25, -0.2) is 9.07 Å². The van der Waals surface area contributed by atoms with Crippen molar-refractivity contribution < 1.29 is 36.7 Å². The highest BCUT2D eigenvalue weighted by molar-refractivity contribution is 6.07. The van der Waals surface area contributed by atoms with E-state index in [0.29, 0.717) is 17.3 Å². The number of carbonyl (C=O) groups excluding carboxylic acids is 3. The number of fused-ring (bicyclic) bond motifs is 1. The highest BCUT2D eigenvalue weighted by Crippen LogP contribution is 2.44. The van der Waals surface area contributed by atoms with E-state index >= 15 is 0 Å². The number of halogens is 4. The number of nitrogens with zero attached hydrogens (tertiary/aromatic N) is 5. The summed E-state index contributed by atoms with van der Waals surface area (Å²) >= 11 is 0. The summed E-state index contributed by atoms with van der Waals surface area (Å²) in [6.45, 7) is 1.96. The van der Waals surface area contributed by atoms with Crippen LogP contribution in [-0.4, -0.2) is 70.8 Å². The molecule has 0 bridgehead atoms. The molecule has 246 valence electrons. The van der Waals surface area contributed by atoms with Gasteiger partial charge in [0.15, 0.2) is 5.69 Å². The predicted molar refractivity (Wildman–Crippen MR) is 164 cm³/mol. The van der Waals surface area contributed by atoms with Gasteiger partial charge in [0.2, 0.25) is 0 Å². The zero-order chi connectivity index (χ0) is 34.2. The van der Waals surface area contributed by atoms with E-state index in [1.807, 2.05) is 0 Å². The number of nitriles is 1. The van der Waals surface area contributed by atoms with Crippen LogP contribution in [0.5, 0.6) is 0 Å². The second-order valence-electron chi connectivity index (χ2n) is 11.2. The molecular formula is C34H28F4N6O4. The lowest BCUT2D eigenvalue weighted by Crippen LogP contribution is -2.56. The van der Waals surface area contributed by atoms with E-state index in [1.54, 1.807) is 37.3 Å². The molecule has 1 aromatic heterocycles. The van der Waals surface area contributed by atoms with Crippen LogP contribution in [0.2, 0.25) is 0 Å². The summed E-state index contributed by atoms with van der Waals surface area (Å²) in [4.78, 5) is 45.0. The van der Waals surface area contributed by atoms with Gasteiger partial charge in [-0.2, -0.15) is 23.5 Å². The number of para-hydroxylation sites is 1. The SMILES string of the molecule is CCN1C(=O)[C@H](NC(=O)c2cccc(C(F)(F)F)c2)[C@H](c2ccc(F)cc2)c2c(C(=O)N3CCOCC3C#N)nn(-c3ccccc3)c21. The minimum atomic E-state index is -4.72. The summed E-state index contributed by atoms with van der Waals surface area (Å²) in [6.07, 6.45) is -4.72. The van der Waals surface area contributed by atoms with Crippen molar-refractivity contribution in [2.75, 3.05) is 31.2 Å².